The summed E-state index contributed by atoms with van der Waals surface area (Å²) < 4.78 is 0. The van der Waals surface area contributed by atoms with Gasteiger partial charge in [-0.15, -0.1) is 0 Å². The molecule has 34 heavy (non-hydrogen) atoms. The molecule has 0 heterocycles. The van der Waals surface area contributed by atoms with E-state index in [2.05, 4.69) is 0 Å². The van der Waals surface area contributed by atoms with Crippen LogP contribution in [-0.4, -0.2) is 15.6 Å². The van der Waals surface area contributed by atoms with Crippen molar-refractivity contribution in [2.75, 3.05) is 0 Å². The van der Waals surface area contributed by atoms with Crippen LogP contribution in [0, 0.1) is 20.2 Å². The Morgan fingerprint density at radius 2 is 0.765 bits per heavy atom. The minimum Gasteiger partial charge on any atom is -0.289 e. The van der Waals surface area contributed by atoms with Gasteiger partial charge in [0.05, 0.1) is 9.85 Å². The Hall–Kier alpha value is -4.65. The molecule has 0 aliphatic rings. The summed E-state index contributed by atoms with van der Waals surface area (Å²) >= 11 is 0. The number of nitro groups is 2. The molecule has 0 spiro atoms. The van der Waals surface area contributed by atoms with Crippen molar-refractivity contribution < 1.29 is 14.6 Å². The average molecular weight is 452 g/mol. The predicted octanol–water partition coefficient (Wildman–Crippen LogP) is 5.92. The van der Waals surface area contributed by atoms with Crippen molar-refractivity contribution in [3.63, 3.8) is 0 Å². The highest BCUT2D eigenvalue weighted by molar-refractivity contribution is 6.09. The summed E-state index contributed by atoms with van der Waals surface area (Å²) in [5.41, 5.74) is 5.19. The average Bonchev–Trinajstić information content (AvgIpc) is 2.85. The van der Waals surface area contributed by atoms with E-state index in [0.29, 0.717) is 24.0 Å². The van der Waals surface area contributed by atoms with E-state index in [1.165, 1.54) is 24.3 Å². The van der Waals surface area contributed by atoms with Gasteiger partial charge in [0.1, 0.15) is 0 Å². The number of non-ortho nitro benzene ring substituents is 2. The first-order valence-electron chi connectivity index (χ1n) is 10.6. The van der Waals surface area contributed by atoms with Crippen molar-refractivity contribution in [1.29, 1.82) is 0 Å². The molecule has 0 atom stereocenters. The number of benzene rings is 4. The maximum atomic E-state index is 12.9. The van der Waals surface area contributed by atoms with E-state index in [4.69, 9.17) is 0 Å². The summed E-state index contributed by atoms with van der Waals surface area (Å²) in [7, 11) is 0. The first kappa shape index (κ1) is 22.5. The van der Waals surface area contributed by atoms with Crippen molar-refractivity contribution in [3.05, 3.63) is 151 Å². The Morgan fingerprint density at radius 3 is 1.03 bits per heavy atom. The molecule has 0 N–H and O–H groups in total. The molecule has 4 aromatic rings. The highest BCUT2D eigenvalue weighted by Crippen LogP contribution is 2.19. The second kappa shape index (κ2) is 9.87. The second-order valence-electron chi connectivity index (χ2n) is 7.92. The Morgan fingerprint density at radius 1 is 0.500 bits per heavy atom. The Bertz CT molecular complexity index is 1220. The van der Waals surface area contributed by atoms with Crippen LogP contribution >= 0.6 is 0 Å². The SMILES string of the molecule is O=C(c1ccc(Cc2ccc([N+](=O)[O-])cc2)cc1)c1ccc(Cc2ccc([N+](=O)[O-])cc2)cc1. The molecule has 7 heteroatoms. The number of rotatable bonds is 8. The van der Waals surface area contributed by atoms with E-state index in [1.807, 2.05) is 24.3 Å². The van der Waals surface area contributed by atoms with Crippen LogP contribution in [0.25, 0.3) is 0 Å². The smallest absolute Gasteiger partial charge is 0.269 e. The van der Waals surface area contributed by atoms with Gasteiger partial charge in [0, 0.05) is 35.4 Å². The topological polar surface area (TPSA) is 103 Å². The Labute approximate surface area is 195 Å². The quantitative estimate of drug-likeness (QED) is 0.188. The summed E-state index contributed by atoms with van der Waals surface area (Å²) in [6.07, 6.45) is 1.23. The fourth-order valence-corrected chi connectivity index (χ4v) is 3.66. The zero-order valence-corrected chi connectivity index (χ0v) is 18.1. The largest absolute Gasteiger partial charge is 0.289 e. The Kier molecular flexibility index (Phi) is 6.54. The van der Waals surface area contributed by atoms with Gasteiger partial charge in [-0.2, -0.15) is 0 Å². The molecule has 168 valence electrons. The van der Waals surface area contributed by atoms with Gasteiger partial charge in [-0.1, -0.05) is 72.8 Å². The molecule has 0 saturated carbocycles. The molecular formula is C27H20N2O5. The van der Waals surface area contributed by atoms with E-state index in [-0.39, 0.29) is 17.2 Å². The zero-order chi connectivity index (χ0) is 24.1. The van der Waals surface area contributed by atoms with Gasteiger partial charge < -0.3 is 0 Å². The third kappa shape index (κ3) is 5.39. The number of nitrogens with zero attached hydrogens (tertiary/aromatic N) is 2. The normalized spacial score (nSPS) is 10.6. The van der Waals surface area contributed by atoms with Crippen molar-refractivity contribution in [3.8, 4) is 0 Å². The number of hydrogen-bond donors (Lipinski definition) is 0. The van der Waals surface area contributed by atoms with Crippen LogP contribution < -0.4 is 0 Å². The van der Waals surface area contributed by atoms with E-state index < -0.39 is 9.85 Å². The number of nitro benzene ring substituents is 2. The maximum Gasteiger partial charge on any atom is 0.269 e. The van der Waals surface area contributed by atoms with Gasteiger partial charge in [-0.05, 0) is 35.1 Å². The van der Waals surface area contributed by atoms with Crippen LogP contribution in [-0.2, 0) is 12.8 Å². The van der Waals surface area contributed by atoms with E-state index in [0.717, 1.165) is 22.3 Å². The molecule has 7 nitrogen and oxygen atoms in total. The molecule has 0 fully saturated rings. The predicted molar refractivity (Wildman–Crippen MR) is 128 cm³/mol. The van der Waals surface area contributed by atoms with Gasteiger partial charge >= 0.3 is 0 Å². The molecule has 0 saturated heterocycles. The third-order valence-corrected chi connectivity index (χ3v) is 5.54. The highest BCUT2D eigenvalue weighted by Gasteiger charge is 2.10. The monoisotopic (exact) mass is 452 g/mol. The lowest BCUT2D eigenvalue weighted by atomic mass is 9.97. The standard InChI is InChI=1S/C27H20N2O5/c30-27(23-9-1-19(2-10-23)17-21-5-13-25(14-6-21)28(31)32)24-11-3-20(4-12-24)18-22-7-15-26(16-8-22)29(33)34/h1-16H,17-18H2. The van der Waals surface area contributed by atoms with Gasteiger partial charge in [-0.3, -0.25) is 25.0 Å². The Balaban J connectivity index is 1.39. The van der Waals surface area contributed by atoms with Crippen LogP contribution in [0.15, 0.2) is 97.1 Å². The lowest BCUT2D eigenvalue weighted by Crippen LogP contribution is -2.02. The highest BCUT2D eigenvalue weighted by atomic mass is 16.6. The first-order chi connectivity index (χ1) is 16.4. The fraction of sp³-hybridized carbons (Fsp3) is 0.0741. The van der Waals surface area contributed by atoms with Crippen LogP contribution in [0.1, 0.15) is 38.2 Å². The first-order valence-corrected chi connectivity index (χ1v) is 10.6. The molecule has 4 rings (SSSR count). The number of carbonyl (C=O) groups excluding carboxylic acids is 1. The number of carbonyl (C=O) groups is 1. The van der Waals surface area contributed by atoms with Gasteiger partial charge in [-0.25, -0.2) is 0 Å². The molecule has 0 amide bonds. The molecule has 0 unspecified atom stereocenters. The van der Waals surface area contributed by atoms with Gasteiger partial charge in [0.2, 0.25) is 0 Å². The zero-order valence-electron chi connectivity index (χ0n) is 18.1. The summed E-state index contributed by atoms with van der Waals surface area (Å²) in [6, 6.07) is 27.6. The molecule has 0 bridgehead atoms. The van der Waals surface area contributed by atoms with Gasteiger partial charge in [0.15, 0.2) is 5.78 Å². The molecule has 0 radical (unpaired) electrons. The van der Waals surface area contributed by atoms with Gasteiger partial charge in [0.25, 0.3) is 11.4 Å². The summed E-state index contributed by atoms with van der Waals surface area (Å²) in [6.45, 7) is 0. The lowest BCUT2D eigenvalue weighted by Gasteiger charge is -2.06. The molecule has 0 aliphatic carbocycles. The lowest BCUT2D eigenvalue weighted by molar-refractivity contribution is -0.385. The van der Waals surface area contributed by atoms with E-state index >= 15 is 0 Å². The van der Waals surface area contributed by atoms with Crippen LogP contribution in [0.2, 0.25) is 0 Å². The molecule has 0 aromatic heterocycles. The minimum absolute atomic E-state index is 0.0588. The van der Waals surface area contributed by atoms with Crippen LogP contribution in [0.3, 0.4) is 0 Å². The van der Waals surface area contributed by atoms with Crippen molar-refractivity contribution in [2.24, 2.45) is 0 Å². The summed E-state index contributed by atoms with van der Waals surface area (Å²) in [5.74, 6) is -0.0798. The minimum atomic E-state index is -0.424. The third-order valence-electron chi connectivity index (χ3n) is 5.54. The van der Waals surface area contributed by atoms with Crippen LogP contribution in [0.4, 0.5) is 11.4 Å². The number of hydrogen-bond acceptors (Lipinski definition) is 5. The van der Waals surface area contributed by atoms with Crippen molar-refractivity contribution >= 4 is 17.2 Å². The van der Waals surface area contributed by atoms with E-state index in [9.17, 15) is 25.0 Å². The summed E-state index contributed by atoms with van der Waals surface area (Å²) in [5, 5.41) is 21.5. The number of ketones is 1. The molecule has 0 aliphatic heterocycles. The van der Waals surface area contributed by atoms with E-state index in [1.54, 1.807) is 48.5 Å². The molecular weight excluding hydrogens is 432 g/mol. The van der Waals surface area contributed by atoms with Crippen molar-refractivity contribution in [2.45, 2.75) is 12.8 Å². The second-order valence-corrected chi connectivity index (χ2v) is 7.92. The maximum absolute atomic E-state index is 12.9. The summed E-state index contributed by atoms with van der Waals surface area (Å²) in [4.78, 5) is 33.6. The molecule has 4 aromatic carbocycles. The van der Waals surface area contributed by atoms with Crippen molar-refractivity contribution in [1.82, 2.24) is 0 Å². The van der Waals surface area contributed by atoms with Crippen LogP contribution in [0.5, 0.6) is 0 Å². The fourth-order valence-electron chi connectivity index (χ4n) is 3.66.